The highest BCUT2D eigenvalue weighted by atomic mass is 79.9. The Balaban J connectivity index is 2.27. The fourth-order valence-corrected chi connectivity index (χ4v) is 2.04. The van der Waals surface area contributed by atoms with E-state index in [4.69, 9.17) is 0 Å². The minimum Gasteiger partial charge on any atom is -0.337 e. The van der Waals surface area contributed by atoms with Crippen molar-refractivity contribution in [2.45, 2.75) is 13.5 Å². The maximum absolute atomic E-state index is 12.1. The van der Waals surface area contributed by atoms with Gasteiger partial charge in [0.25, 0.3) is 11.6 Å². The van der Waals surface area contributed by atoms with Crippen LogP contribution in [0.2, 0.25) is 0 Å². The molecule has 0 unspecified atom stereocenters. The van der Waals surface area contributed by atoms with Gasteiger partial charge in [-0.1, -0.05) is 15.9 Å². The number of nitrogens with one attached hydrogen (secondary N) is 1. The molecule has 0 aliphatic heterocycles. The number of anilines is 1. The summed E-state index contributed by atoms with van der Waals surface area (Å²) in [5, 5.41) is 13.4. The van der Waals surface area contributed by atoms with Crippen LogP contribution in [0.5, 0.6) is 0 Å². The van der Waals surface area contributed by atoms with E-state index in [0.29, 0.717) is 12.4 Å². The van der Waals surface area contributed by atoms with Crippen molar-refractivity contribution in [2.75, 3.05) is 5.32 Å². The van der Waals surface area contributed by atoms with E-state index in [-0.39, 0.29) is 11.4 Å². The van der Waals surface area contributed by atoms with Crippen LogP contribution in [0.1, 0.15) is 17.4 Å². The van der Waals surface area contributed by atoms with Gasteiger partial charge in [-0.2, -0.15) is 0 Å². The van der Waals surface area contributed by atoms with Gasteiger partial charge < -0.3 is 9.88 Å². The van der Waals surface area contributed by atoms with Crippen molar-refractivity contribution in [1.82, 2.24) is 9.55 Å². The Kier molecular flexibility index (Phi) is 4.14. The Labute approximate surface area is 122 Å². The van der Waals surface area contributed by atoms with E-state index >= 15 is 0 Å². The van der Waals surface area contributed by atoms with Gasteiger partial charge in [0, 0.05) is 23.3 Å². The first-order valence-electron chi connectivity index (χ1n) is 5.78. The summed E-state index contributed by atoms with van der Waals surface area (Å²) in [7, 11) is 0. The smallest absolute Gasteiger partial charge is 0.287 e. The number of amides is 1. The molecular weight excluding hydrogens is 328 g/mol. The quantitative estimate of drug-likeness (QED) is 0.685. The number of carbonyl (C=O) groups excluding carboxylic acids is 1. The number of rotatable bonds is 4. The minimum absolute atomic E-state index is 0.112. The second-order valence-electron chi connectivity index (χ2n) is 3.94. The van der Waals surface area contributed by atoms with Crippen LogP contribution in [-0.4, -0.2) is 20.4 Å². The number of hydrogen-bond donors (Lipinski definition) is 1. The number of halogens is 1. The highest BCUT2D eigenvalue weighted by Crippen LogP contribution is 2.18. The molecular formula is C12H11BrN4O3. The molecule has 0 saturated carbocycles. The third-order valence-electron chi connectivity index (χ3n) is 2.63. The number of nitrogens with zero attached hydrogens (tertiary/aromatic N) is 3. The third kappa shape index (κ3) is 3.02. The molecule has 0 aliphatic rings. The number of pyridine rings is 1. The molecule has 2 aromatic heterocycles. The average molecular weight is 339 g/mol. The first-order chi connectivity index (χ1) is 9.51. The van der Waals surface area contributed by atoms with Crippen LogP contribution < -0.4 is 5.32 Å². The summed E-state index contributed by atoms with van der Waals surface area (Å²) < 4.78 is 2.30. The van der Waals surface area contributed by atoms with Crippen LogP contribution in [-0.2, 0) is 6.54 Å². The maximum atomic E-state index is 12.1. The molecule has 2 rings (SSSR count). The predicted molar refractivity (Wildman–Crippen MR) is 76.7 cm³/mol. The van der Waals surface area contributed by atoms with Crippen molar-refractivity contribution >= 4 is 33.3 Å². The summed E-state index contributed by atoms with van der Waals surface area (Å²) in [6.07, 6.45) is 2.88. The predicted octanol–water partition coefficient (Wildman–Crippen LogP) is 2.83. The van der Waals surface area contributed by atoms with Crippen molar-refractivity contribution in [2.24, 2.45) is 0 Å². The summed E-state index contributed by atoms with van der Waals surface area (Å²) in [6.45, 7) is 2.26. The maximum Gasteiger partial charge on any atom is 0.287 e. The van der Waals surface area contributed by atoms with Crippen LogP contribution in [0.15, 0.2) is 35.1 Å². The van der Waals surface area contributed by atoms with Crippen molar-refractivity contribution in [3.8, 4) is 0 Å². The number of hydrogen-bond acceptors (Lipinski definition) is 4. The molecule has 20 heavy (non-hydrogen) atoms. The molecule has 0 radical (unpaired) electrons. The molecule has 0 aliphatic carbocycles. The lowest BCUT2D eigenvalue weighted by molar-refractivity contribution is -0.384. The summed E-state index contributed by atoms with van der Waals surface area (Å²) in [5.41, 5.74) is 0.111. The lowest BCUT2D eigenvalue weighted by atomic mass is 10.3. The topological polar surface area (TPSA) is 90.1 Å². The molecule has 2 heterocycles. The van der Waals surface area contributed by atoms with Gasteiger partial charge >= 0.3 is 0 Å². The van der Waals surface area contributed by atoms with Crippen molar-refractivity contribution < 1.29 is 9.72 Å². The first kappa shape index (κ1) is 14.2. The normalized spacial score (nSPS) is 10.3. The average Bonchev–Trinajstić information content (AvgIpc) is 2.83. The van der Waals surface area contributed by atoms with E-state index in [0.717, 1.165) is 4.47 Å². The molecule has 2 aromatic rings. The van der Waals surface area contributed by atoms with Crippen molar-refractivity contribution in [3.05, 3.63) is 50.9 Å². The van der Waals surface area contributed by atoms with Crippen LogP contribution >= 0.6 is 15.9 Å². The zero-order chi connectivity index (χ0) is 14.7. The van der Waals surface area contributed by atoms with E-state index in [1.165, 1.54) is 16.8 Å². The van der Waals surface area contributed by atoms with Gasteiger partial charge in [0.05, 0.1) is 11.1 Å². The SMILES string of the molecule is CCn1cc([N+](=O)[O-])cc1C(=O)Nc1cc(Br)ccn1. The van der Waals surface area contributed by atoms with E-state index in [9.17, 15) is 14.9 Å². The second kappa shape index (κ2) is 5.83. The van der Waals surface area contributed by atoms with Gasteiger partial charge in [0.15, 0.2) is 0 Å². The number of aromatic nitrogens is 2. The highest BCUT2D eigenvalue weighted by Gasteiger charge is 2.19. The van der Waals surface area contributed by atoms with E-state index in [1.807, 2.05) is 0 Å². The van der Waals surface area contributed by atoms with Crippen LogP contribution in [0.3, 0.4) is 0 Å². The van der Waals surface area contributed by atoms with Crippen LogP contribution in [0.25, 0.3) is 0 Å². The molecule has 1 amide bonds. The fourth-order valence-electron chi connectivity index (χ4n) is 1.70. The Hall–Kier alpha value is -2.22. The number of carbonyl (C=O) groups is 1. The van der Waals surface area contributed by atoms with Gasteiger partial charge in [-0.05, 0) is 19.1 Å². The molecule has 0 fully saturated rings. The molecule has 8 heteroatoms. The Morgan fingerprint density at radius 3 is 2.90 bits per heavy atom. The lowest BCUT2D eigenvalue weighted by Crippen LogP contribution is -2.17. The van der Waals surface area contributed by atoms with Gasteiger partial charge in [-0.15, -0.1) is 0 Å². The van der Waals surface area contributed by atoms with Gasteiger partial charge in [0.2, 0.25) is 0 Å². The van der Waals surface area contributed by atoms with Gasteiger partial charge in [-0.3, -0.25) is 14.9 Å². The summed E-state index contributed by atoms with van der Waals surface area (Å²) in [4.78, 5) is 26.4. The number of nitro groups is 1. The first-order valence-corrected chi connectivity index (χ1v) is 6.58. The fraction of sp³-hybridized carbons (Fsp3) is 0.167. The second-order valence-corrected chi connectivity index (χ2v) is 4.86. The van der Waals surface area contributed by atoms with Crippen molar-refractivity contribution in [3.63, 3.8) is 0 Å². The minimum atomic E-state index is -0.527. The molecule has 0 aromatic carbocycles. The molecule has 1 N–H and O–H groups in total. The molecule has 0 saturated heterocycles. The summed E-state index contributed by atoms with van der Waals surface area (Å²) >= 11 is 3.27. The Morgan fingerprint density at radius 2 is 2.30 bits per heavy atom. The third-order valence-corrected chi connectivity index (χ3v) is 3.12. The summed E-state index contributed by atoms with van der Waals surface area (Å²) in [6, 6.07) is 4.62. The Bertz CT molecular complexity index is 668. The Morgan fingerprint density at radius 1 is 1.55 bits per heavy atom. The lowest BCUT2D eigenvalue weighted by Gasteiger charge is -2.06. The summed E-state index contributed by atoms with van der Waals surface area (Å²) in [5.74, 6) is -0.0681. The van der Waals surface area contributed by atoms with E-state index < -0.39 is 10.8 Å². The zero-order valence-electron chi connectivity index (χ0n) is 10.5. The van der Waals surface area contributed by atoms with E-state index in [2.05, 4.69) is 26.2 Å². The van der Waals surface area contributed by atoms with Gasteiger partial charge in [-0.25, -0.2) is 4.98 Å². The largest absolute Gasteiger partial charge is 0.337 e. The highest BCUT2D eigenvalue weighted by molar-refractivity contribution is 9.10. The molecule has 0 bridgehead atoms. The van der Waals surface area contributed by atoms with Crippen LogP contribution in [0.4, 0.5) is 11.5 Å². The zero-order valence-corrected chi connectivity index (χ0v) is 12.1. The van der Waals surface area contributed by atoms with Crippen molar-refractivity contribution in [1.29, 1.82) is 0 Å². The van der Waals surface area contributed by atoms with E-state index in [1.54, 1.807) is 25.3 Å². The van der Waals surface area contributed by atoms with Crippen LogP contribution in [0, 0.1) is 10.1 Å². The van der Waals surface area contributed by atoms with Gasteiger partial charge in [0.1, 0.15) is 11.5 Å². The molecule has 104 valence electrons. The number of aryl methyl sites for hydroxylation is 1. The molecule has 0 spiro atoms. The molecule has 0 atom stereocenters. The standard InChI is InChI=1S/C12H11BrN4O3/c1-2-16-7-9(17(19)20)6-10(16)12(18)15-11-5-8(13)3-4-14-11/h3-7H,2H2,1H3,(H,14,15,18). The monoisotopic (exact) mass is 338 g/mol. The molecule has 7 nitrogen and oxygen atoms in total.